The van der Waals surface area contributed by atoms with E-state index in [-0.39, 0.29) is 5.91 Å². The van der Waals surface area contributed by atoms with Crippen LogP contribution in [0.15, 0.2) is 0 Å². The lowest BCUT2D eigenvalue weighted by Gasteiger charge is -2.45. The predicted molar refractivity (Wildman–Crippen MR) is 54.6 cm³/mol. The highest BCUT2D eigenvalue weighted by Gasteiger charge is 2.40. The maximum absolute atomic E-state index is 11.6. The molecule has 1 saturated heterocycles. The van der Waals surface area contributed by atoms with Crippen molar-refractivity contribution in [3.63, 3.8) is 0 Å². The molecule has 1 unspecified atom stereocenters. The Hall–Kier alpha value is -0.610. The van der Waals surface area contributed by atoms with E-state index in [9.17, 15) is 9.90 Å². The number of rotatable bonds is 3. The molecule has 0 radical (unpaired) electrons. The first kappa shape index (κ1) is 11.5. The molecule has 1 heterocycles. The first-order valence-electron chi connectivity index (χ1n) is 5.08. The van der Waals surface area contributed by atoms with Gasteiger partial charge in [0.2, 0.25) is 5.91 Å². The summed E-state index contributed by atoms with van der Waals surface area (Å²) >= 11 is 0. The van der Waals surface area contributed by atoms with E-state index in [1.165, 1.54) is 0 Å². The zero-order valence-electron chi connectivity index (χ0n) is 9.16. The van der Waals surface area contributed by atoms with Crippen LogP contribution in [0.5, 0.6) is 0 Å². The normalized spacial score (nSPS) is 22.0. The number of amides is 1. The Kier molecular flexibility index (Phi) is 3.17. The number of hydrogen-bond donors (Lipinski definition) is 2. The lowest BCUT2D eigenvalue weighted by atomic mass is 9.94. The van der Waals surface area contributed by atoms with E-state index >= 15 is 0 Å². The van der Waals surface area contributed by atoms with Crippen LogP contribution in [0.4, 0.5) is 0 Å². The van der Waals surface area contributed by atoms with Gasteiger partial charge >= 0.3 is 0 Å². The van der Waals surface area contributed by atoms with E-state index < -0.39 is 11.6 Å². The smallest absolute Gasteiger partial charge is 0.239 e. The molecule has 0 bridgehead atoms. The molecule has 0 aromatic carbocycles. The summed E-state index contributed by atoms with van der Waals surface area (Å²) in [6.07, 6.45) is 0.706. The monoisotopic (exact) mass is 200 g/mol. The summed E-state index contributed by atoms with van der Waals surface area (Å²) in [4.78, 5) is 13.3. The number of nitrogens with two attached hydrogens (primary N) is 1. The quantitative estimate of drug-likeness (QED) is 0.671. The van der Waals surface area contributed by atoms with Crippen LogP contribution in [0.25, 0.3) is 0 Å². The molecule has 14 heavy (non-hydrogen) atoms. The number of carbonyl (C=O) groups is 1. The summed E-state index contributed by atoms with van der Waals surface area (Å²) in [6.45, 7) is 6.64. The number of β-amino-alcohol motifs (C(OH)–C–C–N with tert-alkyl or cyclic N) is 1. The lowest BCUT2D eigenvalue weighted by Crippen LogP contribution is -2.64. The van der Waals surface area contributed by atoms with Gasteiger partial charge < -0.3 is 15.7 Å². The van der Waals surface area contributed by atoms with Gasteiger partial charge in [-0.3, -0.25) is 4.79 Å². The Bertz CT molecular complexity index is 211. The summed E-state index contributed by atoms with van der Waals surface area (Å²) in [5.41, 5.74) is 5.04. The Morgan fingerprint density at radius 2 is 2.07 bits per heavy atom. The van der Waals surface area contributed by atoms with Gasteiger partial charge in [0.05, 0.1) is 24.7 Å². The summed E-state index contributed by atoms with van der Waals surface area (Å²) in [5.74, 6) is 0.390. The second-order valence-electron chi connectivity index (χ2n) is 4.93. The summed E-state index contributed by atoms with van der Waals surface area (Å²) in [6, 6.07) is -0.411. The number of likely N-dealkylation sites (tertiary alicyclic amines) is 1. The van der Waals surface area contributed by atoms with Gasteiger partial charge in [-0.15, -0.1) is 0 Å². The highest BCUT2D eigenvalue weighted by Crippen LogP contribution is 2.21. The average molecular weight is 200 g/mol. The van der Waals surface area contributed by atoms with Crippen LogP contribution in [0, 0.1) is 5.92 Å². The fourth-order valence-electron chi connectivity index (χ4n) is 1.78. The number of carbonyl (C=O) groups excluding carboxylic acids is 1. The minimum absolute atomic E-state index is 0.0368. The van der Waals surface area contributed by atoms with Gasteiger partial charge in [-0.1, -0.05) is 13.8 Å². The van der Waals surface area contributed by atoms with Crippen LogP contribution >= 0.6 is 0 Å². The van der Waals surface area contributed by atoms with Crippen molar-refractivity contribution >= 4 is 5.91 Å². The molecule has 4 nitrogen and oxygen atoms in total. The summed E-state index contributed by atoms with van der Waals surface area (Å²) < 4.78 is 0. The fraction of sp³-hybridized carbons (Fsp3) is 0.900. The van der Waals surface area contributed by atoms with Crippen molar-refractivity contribution in [3.05, 3.63) is 0 Å². The van der Waals surface area contributed by atoms with Crippen molar-refractivity contribution in [3.8, 4) is 0 Å². The number of hydrogen-bond acceptors (Lipinski definition) is 3. The molecular formula is C10H20N2O2. The predicted octanol–water partition coefficient (Wildman–Crippen LogP) is -0.0470. The molecule has 1 aliphatic heterocycles. The number of nitrogens with zero attached hydrogens (tertiary/aromatic N) is 1. The molecule has 1 amide bonds. The molecule has 82 valence electrons. The van der Waals surface area contributed by atoms with Gasteiger partial charge in [-0.25, -0.2) is 0 Å². The maximum atomic E-state index is 11.6. The molecule has 4 heteroatoms. The molecule has 3 N–H and O–H groups in total. The van der Waals surface area contributed by atoms with Crippen molar-refractivity contribution in [2.24, 2.45) is 11.7 Å². The SMILES string of the molecule is CC(C)CC(N)C(=O)N1CC(C)(O)C1. The van der Waals surface area contributed by atoms with Gasteiger partial charge in [0, 0.05) is 0 Å². The van der Waals surface area contributed by atoms with Crippen LogP contribution in [0.1, 0.15) is 27.2 Å². The molecule has 0 aromatic heterocycles. The van der Waals surface area contributed by atoms with Crippen molar-refractivity contribution < 1.29 is 9.90 Å². The molecule has 1 aliphatic rings. The molecular weight excluding hydrogens is 180 g/mol. The topological polar surface area (TPSA) is 66.6 Å². The molecule has 0 aliphatic carbocycles. The summed E-state index contributed by atoms with van der Waals surface area (Å²) in [7, 11) is 0. The van der Waals surface area contributed by atoms with Gasteiger partial charge in [0.1, 0.15) is 0 Å². The molecule has 1 atom stereocenters. The molecule has 0 spiro atoms. The Labute approximate surface area is 85.1 Å². The van der Waals surface area contributed by atoms with Gasteiger partial charge in [0.25, 0.3) is 0 Å². The van der Waals surface area contributed by atoms with E-state index in [1.54, 1.807) is 11.8 Å². The second kappa shape index (κ2) is 3.87. The average Bonchev–Trinajstić information content (AvgIpc) is 1.97. The van der Waals surface area contributed by atoms with Crippen molar-refractivity contribution in [1.82, 2.24) is 4.90 Å². The van der Waals surface area contributed by atoms with Crippen LogP contribution < -0.4 is 5.73 Å². The second-order valence-corrected chi connectivity index (χ2v) is 4.93. The first-order chi connectivity index (χ1) is 6.32. The minimum atomic E-state index is -0.701. The van der Waals surface area contributed by atoms with Crippen molar-refractivity contribution in [1.29, 1.82) is 0 Å². The maximum Gasteiger partial charge on any atom is 0.239 e. The Morgan fingerprint density at radius 3 is 2.43 bits per heavy atom. The van der Waals surface area contributed by atoms with Gasteiger partial charge in [-0.05, 0) is 19.3 Å². The lowest BCUT2D eigenvalue weighted by molar-refractivity contribution is -0.154. The van der Waals surface area contributed by atoms with E-state index in [4.69, 9.17) is 5.73 Å². The third-order valence-corrected chi connectivity index (χ3v) is 2.42. The number of aliphatic hydroxyl groups is 1. The third kappa shape index (κ3) is 2.69. The van der Waals surface area contributed by atoms with Gasteiger partial charge in [-0.2, -0.15) is 0 Å². The van der Waals surface area contributed by atoms with Crippen LogP contribution in [0.2, 0.25) is 0 Å². The highest BCUT2D eigenvalue weighted by molar-refractivity contribution is 5.82. The fourth-order valence-corrected chi connectivity index (χ4v) is 1.78. The largest absolute Gasteiger partial charge is 0.386 e. The Morgan fingerprint density at radius 1 is 1.57 bits per heavy atom. The summed E-state index contributed by atoms with van der Waals surface area (Å²) in [5, 5.41) is 9.46. The van der Waals surface area contributed by atoms with E-state index in [2.05, 4.69) is 0 Å². The van der Waals surface area contributed by atoms with Crippen molar-refractivity contribution in [2.75, 3.05) is 13.1 Å². The first-order valence-corrected chi connectivity index (χ1v) is 5.08. The van der Waals surface area contributed by atoms with E-state index in [1.807, 2.05) is 13.8 Å². The minimum Gasteiger partial charge on any atom is -0.386 e. The van der Waals surface area contributed by atoms with Crippen LogP contribution in [-0.4, -0.2) is 40.6 Å². The zero-order chi connectivity index (χ0) is 10.9. The molecule has 1 rings (SSSR count). The highest BCUT2D eigenvalue weighted by atomic mass is 16.3. The molecule has 1 fully saturated rings. The van der Waals surface area contributed by atoms with Gasteiger partial charge in [0.15, 0.2) is 0 Å². The van der Waals surface area contributed by atoms with Crippen LogP contribution in [0.3, 0.4) is 0 Å². The Balaban J connectivity index is 2.36. The van der Waals surface area contributed by atoms with Crippen molar-refractivity contribution in [2.45, 2.75) is 38.8 Å². The van der Waals surface area contributed by atoms with E-state index in [0.29, 0.717) is 25.4 Å². The van der Waals surface area contributed by atoms with E-state index in [0.717, 1.165) is 0 Å². The zero-order valence-corrected chi connectivity index (χ0v) is 9.16. The third-order valence-electron chi connectivity index (χ3n) is 2.42. The van der Waals surface area contributed by atoms with Crippen LogP contribution in [-0.2, 0) is 4.79 Å². The standard InChI is InChI=1S/C10H20N2O2/c1-7(2)4-8(11)9(13)12-5-10(3,14)6-12/h7-8,14H,4-6,11H2,1-3H3. The molecule has 0 aromatic rings. The molecule has 0 saturated carbocycles.